The summed E-state index contributed by atoms with van der Waals surface area (Å²) in [6, 6.07) is 13.0. The molecule has 1 aromatic heterocycles. The van der Waals surface area contributed by atoms with Crippen LogP contribution in [0, 0.1) is 13.8 Å². The number of amides is 2. The molecule has 5 heteroatoms. The number of carbonyl (C=O) groups excluding carboxylic acids is 1. The van der Waals surface area contributed by atoms with Gasteiger partial charge < -0.3 is 9.88 Å². The van der Waals surface area contributed by atoms with Gasteiger partial charge in [-0.3, -0.25) is 9.69 Å². The molecule has 0 atom stereocenters. The molecular weight excluding hydrogens is 314 g/mol. The van der Waals surface area contributed by atoms with Crippen LogP contribution in [0.15, 0.2) is 53.5 Å². The Balaban J connectivity index is 1.99. The molecule has 0 saturated heterocycles. The Hall–Kier alpha value is -3.08. The van der Waals surface area contributed by atoms with Crippen molar-refractivity contribution in [3.05, 3.63) is 70.1 Å². The summed E-state index contributed by atoms with van der Waals surface area (Å²) >= 11 is 0. The molecule has 2 aromatic carbocycles. The van der Waals surface area contributed by atoms with E-state index >= 15 is 0 Å². The van der Waals surface area contributed by atoms with Crippen LogP contribution in [0.2, 0.25) is 0 Å². The van der Waals surface area contributed by atoms with E-state index in [1.165, 1.54) is 4.57 Å². The number of aryl methyl sites for hydroxylation is 3. The van der Waals surface area contributed by atoms with Crippen LogP contribution in [0.3, 0.4) is 0 Å². The van der Waals surface area contributed by atoms with Gasteiger partial charge in [-0.2, -0.15) is 0 Å². The summed E-state index contributed by atoms with van der Waals surface area (Å²) in [4.78, 5) is 26.6. The van der Waals surface area contributed by atoms with E-state index in [2.05, 4.69) is 5.32 Å². The molecule has 1 N–H and O–H groups in total. The summed E-state index contributed by atoms with van der Waals surface area (Å²) in [7, 11) is 3.42. The zero-order valence-corrected chi connectivity index (χ0v) is 14.8. The maximum Gasteiger partial charge on any atom is 0.326 e. The largest absolute Gasteiger partial charge is 0.326 e. The van der Waals surface area contributed by atoms with Crippen molar-refractivity contribution in [2.75, 3.05) is 17.3 Å². The molecule has 0 aliphatic heterocycles. The topological polar surface area (TPSA) is 54.3 Å². The van der Waals surface area contributed by atoms with Crippen molar-refractivity contribution in [3.63, 3.8) is 0 Å². The number of fused-ring (bicyclic) bond motifs is 1. The first-order valence-electron chi connectivity index (χ1n) is 8.09. The number of anilines is 2. The van der Waals surface area contributed by atoms with Gasteiger partial charge in [0.25, 0.3) is 5.56 Å². The minimum absolute atomic E-state index is 0.0866. The summed E-state index contributed by atoms with van der Waals surface area (Å²) in [6.45, 7) is 3.97. The number of carbonyl (C=O) groups is 1. The molecule has 0 saturated carbocycles. The first-order valence-corrected chi connectivity index (χ1v) is 8.09. The summed E-state index contributed by atoms with van der Waals surface area (Å²) in [5, 5.41) is 4.24. The second kappa shape index (κ2) is 6.43. The smallest absolute Gasteiger partial charge is 0.316 e. The molecule has 0 aliphatic carbocycles. The molecule has 5 nitrogen and oxygen atoms in total. The Morgan fingerprint density at radius 3 is 2.48 bits per heavy atom. The van der Waals surface area contributed by atoms with Crippen LogP contribution in [-0.2, 0) is 7.05 Å². The van der Waals surface area contributed by atoms with Gasteiger partial charge in [0.1, 0.15) is 0 Å². The minimum atomic E-state index is -0.252. The molecule has 0 fully saturated rings. The van der Waals surface area contributed by atoms with Gasteiger partial charge in [0.15, 0.2) is 0 Å². The summed E-state index contributed by atoms with van der Waals surface area (Å²) in [6.07, 6.45) is 1.65. The third-order valence-corrected chi connectivity index (χ3v) is 4.36. The SMILES string of the molecule is Cc1ccc(C)c(N(C)C(=O)Nc2cn(C)c(=O)c3ccccc23)c1. The molecule has 0 radical (unpaired) electrons. The quantitative estimate of drug-likeness (QED) is 0.774. The van der Waals surface area contributed by atoms with E-state index in [1.807, 2.05) is 50.2 Å². The van der Waals surface area contributed by atoms with Crippen LogP contribution in [0.4, 0.5) is 16.2 Å². The number of urea groups is 1. The first kappa shape index (κ1) is 16.8. The first-order chi connectivity index (χ1) is 11.9. The van der Waals surface area contributed by atoms with Gasteiger partial charge >= 0.3 is 6.03 Å². The van der Waals surface area contributed by atoms with E-state index in [0.717, 1.165) is 22.2 Å². The fourth-order valence-electron chi connectivity index (χ4n) is 2.91. The van der Waals surface area contributed by atoms with E-state index in [0.29, 0.717) is 11.1 Å². The number of hydrogen-bond donors (Lipinski definition) is 1. The van der Waals surface area contributed by atoms with Gasteiger partial charge in [-0.1, -0.05) is 30.3 Å². The van der Waals surface area contributed by atoms with Gasteiger partial charge in [-0.05, 0) is 37.1 Å². The van der Waals surface area contributed by atoms with Gasteiger partial charge in [-0.25, -0.2) is 4.79 Å². The van der Waals surface area contributed by atoms with Gasteiger partial charge in [-0.15, -0.1) is 0 Å². The standard InChI is InChI=1S/C20H21N3O2/c1-13-9-10-14(2)18(11-13)23(4)20(25)21-17-12-22(3)19(24)16-8-6-5-7-15(16)17/h5-12H,1-4H3,(H,21,25). The van der Waals surface area contributed by atoms with E-state index in [9.17, 15) is 9.59 Å². The number of rotatable bonds is 2. The molecular formula is C20H21N3O2. The summed E-state index contributed by atoms with van der Waals surface area (Å²) in [5.74, 6) is 0. The highest BCUT2D eigenvalue weighted by Gasteiger charge is 2.15. The minimum Gasteiger partial charge on any atom is -0.316 e. The summed E-state index contributed by atoms with van der Waals surface area (Å²) < 4.78 is 1.48. The summed E-state index contributed by atoms with van der Waals surface area (Å²) in [5.41, 5.74) is 3.49. The molecule has 25 heavy (non-hydrogen) atoms. The fraction of sp³-hybridized carbons (Fsp3) is 0.200. The molecule has 2 amide bonds. The van der Waals surface area contributed by atoms with Crippen molar-refractivity contribution in [2.24, 2.45) is 7.05 Å². The third-order valence-electron chi connectivity index (χ3n) is 4.36. The maximum absolute atomic E-state index is 12.7. The van der Waals surface area contributed by atoms with Crippen molar-refractivity contribution in [3.8, 4) is 0 Å². The lowest BCUT2D eigenvalue weighted by Crippen LogP contribution is -2.32. The number of pyridine rings is 1. The predicted octanol–water partition coefficient (Wildman–Crippen LogP) is 3.82. The highest BCUT2D eigenvalue weighted by Crippen LogP contribution is 2.23. The van der Waals surface area contributed by atoms with Crippen LogP contribution in [0.25, 0.3) is 10.8 Å². The molecule has 0 unspecified atom stereocenters. The lowest BCUT2D eigenvalue weighted by Gasteiger charge is -2.21. The number of aromatic nitrogens is 1. The Labute approximate surface area is 146 Å². The Bertz CT molecular complexity index is 1020. The molecule has 0 aliphatic rings. The molecule has 1 heterocycles. The van der Waals surface area contributed by atoms with Crippen molar-refractivity contribution < 1.29 is 4.79 Å². The molecule has 3 rings (SSSR count). The third kappa shape index (κ3) is 3.13. The Morgan fingerprint density at radius 1 is 1.08 bits per heavy atom. The zero-order valence-electron chi connectivity index (χ0n) is 14.8. The number of hydrogen-bond acceptors (Lipinski definition) is 2. The van der Waals surface area contributed by atoms with E-state index < -0.39 is 0 Å². The Kier molecular flexibility index (Phi) is 4.31. The van der Waals surface area contributed by atoms with Gasteiger partial charge in [0.05, 0.1) is 5.69 Å². The van der Waals surface area contributed by atoms with E-state index in [1.54, 1.807) is 31.3 Å². The number of nitrogens with one attached hydrogen (secondary N) is 1. The van der Waals surface area contributed by atoms with Crippen LogP contribution < -0.4 is 15.8 Å². The average Bonchev–Trinajstić information content (AvgIpc) is 2.61. The normalized spacial score (nSPS) is 10.7. The second-order valence-corrected chi connectivity index (χ2v) is 6.28. The van der Waals surface area contributed by atoms with Crippen LogP contribution >= 0.6 is 0 Å². The fourth-order valence-corrected chi connectivity index (χ4v) is 2.91. The average molecular weight is 335 g/mol. The highest BCUT2D eigenvalue weighted by molar-refractivity contribution is 6.07. The number of benzene rings is 2. The van der Waals surface area contributed by atoms with Crippen molar-refractivity contribution in [1.82, 2.24) is 4.57 Å². The second-order valence-electron chi connectivity index (χ2n) is 6.28. The highest BCUT2D eigenvalue weighted by atomic mass is 16.2. The van der Waals surface area contributed by atoms with Crippen molar-refractivity contribution >= 4 is 28.2 Å². The van der Waals surface area contributed by atoms with Crippen molar-refractivity contribution in [2.45, 2.75) is 13.8 Å². The zero-order chi connectivity index (χ0) is 18.1. The molecule has 128 valence electrons. The van der Waals surface area contributed by atoms with Crippen molar-refractivity contribution in [1.29, 1.82) is 0 Å². The molecule has 3 aromatic rings. The lowest BCUT2D eigenvalue weighted by molar-refractivity contribution is 0.258. The monoisotopic (exact) mass is 335 g/mol. The molecule has 0 bridgehead atoms. The Morgan fingerprint density at radius 2 is 1.76 bits per heavy atom. The number of nitrogens with zero attached hydrogens (tertiary/aromatic N) is 2. The van der Waals surface area contributed by atoms with E-state index in [4.69, 9.17) is 0 Å². The van der Waals surface area contributed by atoms with Gasteiger partial charge in [0, 0.05) is 36.8 Å². The van der Waals surface area contributed by atoms with E-state index in [-0.39, 0.29) is 11.6 Å². The van der Waals surface area contributed by atoms with Gasteiger partial charge in [0.2, 0.25) is 0 Å². The molecule has 0 spiro atoms. The lowest BCUT2D eigenvalue weighted by atomic mass is 10.1. The van der Waals surface area contributed by atoms with Crippen LogP contribution in [-0.4, -0.2) is 17.6 Å². The van der Waals surface area contributed by atoms with Crippen LogP contribution in [0.5, 0.6) is 0 Å². The van der Waals surface area contributed by atoms with Crippen LogP contribution in [0.1, 0.15) is 11.1 Å². The predicted molar refractivity (Wildman–Crippen MR) is 103 cm³/mol. The maximum atomic E-state index is 12.7.